The summed E-state index contributed by atoms with van der Waals surface area (Å²) in [5.74, 6) is -0.251. The monoisotopic (exact) mass is 328 g/mol. The average Bonchev–Trinajstić information content (AvgIpc) is 3.02. The zero-order valence-electron chi connectivity index (χ0n) is 12.8. The molecule has 0 amide bonds. The lowest BCUT2D eigenvalue weighted by Gasteiger charge is -2.08. The standard InChI is InChI=1S/C17H16N2O3S/c1-3-22-14-7-5-4-6-12(14)16-13(8-9-15(20)21)19-10-11(2)23-17(19)18-16/h4-10H,3H2,1-2H3,(H,20,21)/b9-8+. The van der Waals surface area contributed by atoms with Gasteiger partial charge < -0.3 is 9.84 Å². The van der Waals surface area contributed by atoms with Crippen LogP contribution in [0.3, 0.4) is 0 Å². The lowest BCUT2D eigenvalue weighted by molar-refractivity contribution is -0.131. The Kier molecular flexibility index (Phi) is 4.16. The van der Waals surface area contributed by atoms with Gasteiger partial charge in [-0.15, -0.1) is 11.3 Å². The Balaban J connectivity index is 2.23. The summed E-state index contributed by atoms with van der Waals surface area (Å²) in [5.41, 5.74) is 2.31. The number of fused-ring (bicyclic) bond motifs is 1. The molecular formula is C17H16N2O3S. The summed E-state index contributed by atoms with van der Waals surface area (Å²) in [7, 11) is 0. The molecular weight excluding hydrogens is 312 g/mol. The SMILES string of the molecule is CCOc1ccccc1-c1nc2sc(C)cn2c1/C=C/C(=O)O. The molecule has 0 aliphatic heterocycles. The van der Waals surface area contributed by atoms with Crippen molar-refractivity contribution in [1.82, 2.24) is 9.38 Å². The van der Waals surface area contributed by atoms with Crippen molar-refractivity contribution in [2.45, 2.75) is 13.8 Å². The number of ether oxygens (including phenoxy) is 1. The maximum Gasteiger partial charge on any atom is 0.328 e. The Hall–Kier alpha value is -2.60. The number of benzene rings is 1. The van der Waals surface area contributed by atoms with E-state index in [1.54, 1.807) is 17.4 Å². The number of carbonyl (C=O) groups is 1. The van der Waals surface area contributed by atoms with Gasteiger partial charge in [0.25, 0.3) is 0 Å². The molecule has 0 unspecified atom stereocenters. The predicted molar refractivity (Wildman–Crippen MR) is 91.1 cm³/mol. The first kappa shape index (κ1) is 15.3. The van der Waals surface area contributed by atoms with Gasteiger partial charge in [0.05, 0.1) is 12.3 Å². The van der Waals surface area contributed by atoms with Crippen molar-refractivity contribution in [3.63, 3.8) is 0 Å². The third kappa shape index (κ3) is 2.98. The van der Waals surface area contributed by atoms with Gasteiger partial charge in [-0.25, -0.2) is 9.78 Å². The van der Waals surface area contributed by atoms with E-state index in [4.69, 9.17) is 9.84 Å². The van der Waals surface area contributed by atoms with Gasteiger partial charge in [0.2, 0.25) is 0 Å². The summed E-state index contributed by atoms with van der Waals surface area (Å²) in [6, 6.07) is 7.65. The topological polar surface area (TPSA) is 63.8 Å². The quantitative estimate of drug-likeness (QED) is 0.722. The highest BCUT2D eigenvalue weighted by molar-refractivity contribution is 7.17. The van der Waals surface area contributed by atoms with Gasteiger partial charge in [0.15, 0.2) is 4.96 Å². The van der Waals surface area contributed by atoms with Crippen LogP contribution in [-0.4, -0.2) is 27.1 Å². The van der Waals surface area contributed by atoms with Gasteiger partial charge in [0.1, 0.15) is 11.4 Å². The second kappa shape index (κ2) is 6.26. The number of hydrogen-bond donors (Lipinski definition) is 1. The van der Waals surface area contributed by atoms with Crippen molar-refractivity contribution in [2.24, 2.45) is 0 Å². The van der Waals surface area contributed by atoms with Crippen LogP contribution in [0.2, 0.25) is 0 Å². The third-order valence-electron chi connectivity index (χ3n) is 3.30. The molecule has 0 aliphatic carbocycles. The number of imidazole rings is 1. The molecule has 1 aromatic carbocycles. The normalized spacial score (nSPS) is 11.4. The van der Waals surface area contributed by atoms with Crippen molar-refractivity contribution in [3.05, 3.63) is 47.1 Å². The zero-order valence-corrected chi connectivity index (χ0v) is 13.6. The lowest BCUT2D eigenvalue weighted by Crippen LogP contribution is -1.95. The fraction of sp³-hybridized carbons (Fsp3) is 0.176. The number of aromatic nitrogens is 2. The summed E-state index contributed by atoms with van der Waals surface area (Å²) in [4.78, 5) is 17.5. The largest absolute Gasteiger partial charge is 0.493 e. The predicted octanol–water partition coefficient (Wildman–Crippen LogP) is 3.87. The summed E-state index contributed by atoms with van der Waals surface area (Å²) in [6.07, 6.45) is 4.66. The Morgan fingerprint density at radius 3 is 2.96 bits per heavy atom. The van der Waals surface area contributed by atoms with Crippen LogP contribution in [-0.2, 0) is 4.79 Å². The highest BCUT2D eigenvalue weighted by Crippen LogP contribution is 2.34. The minimum Gasteiger partial charge on any atom is -0.493 e. The van der Waals surface area contributed by atoms with Crippen molar-refractivity contribution in [1.29, 1.82) is 0 Å². The number of carboxylic acid groups (broad SMARTS) is 1. The Morgan fingerprint density at radius 1 is 1.43 bits per heavy atom. The number of hydrogen-bond acceptors (Lipinski definition) is 4. The van der Waals surface area contributed by atoms with E-state index in [0.717, 1.165) is 38.6 Å². The fourth-order valence-electron chi connectivity index (χ4n) is 2.42. The molecule has 0 radical (unpaired) electrons. The van der Waals surface area contributed by atoms with E-state index < -0.39 is 5.97 Å². The molecule has 2 aromatic heterocycles. The number of rotatable bonds is 5. The van der Waals surface area contributed by atoms with Crippen molar-refractivity contribution < 1.29 is 14.6 Å². The summed E-state index contributed by atoms with van der Waals surface area (Å²) < 4.78 is 7.60. The van der Waals surface area contributed by atoms with Gasteiger partial charge in [0, 0.05) is 22.7 Å². The van der Waals surface area contributed by atoms with E-state index in [-0.39, 0.29) is 0 Å². The van der Waals surface area contributed by atoms with Gasteiger partial charge in [-0.2, -0.15) is 0 Å². The van der Waals surface area contributed by atoms with E-state index in [2.05, 4.69) is 4.98 Å². The van der Waals surface area contributed by atoms with Crippen molar-refractivity contribution in [3.8, 4) is 17.0 Å². The molecule has 5 nitrogen and oxygen atoms in total. The molecule has 23 heavy (non-hydrogen) atoms. The number of para-hydroxylation sites is 1. The van der Waals surface area contributed by atoms with E-state index >= 15 is 0 Å². The number of carboxylic acids is 1. The smallest absolute Gasteiger partial charge is 0.328 e. The van der Waals surface area contributed by atoms with Crippen LogP contribution in [0.5, 0.6) is 5.75 Å². The van der Waals surface area contributed by atoms with Crippen LogP contribution >= 0.6 is 11.3 Å². The molecule has 0 saturated carbocycles. The molecule has 118 valence electrons. The first-order valence-corrected chi connectivity index (χ1v) is 8.03. The molecule has 2 heterocycles. The van der Waals surface area contributed by atoms with Crippen molar-refractivity contribution >= 4 is 28.3 Å². The van der Waals surface area contributed by atoms with Crippen LogP contribution in [0.4, 0.5) is 0 Å². The maximum absolute atomic E-state index is 10.9. The fourth-order valence-corrected chi connectivity index (χ4v) is 3.26. The number of nitrogens with zero attached hydrogens (tertiary/aromatic N) is 2. The highest BCUT2D eigenvalue weighted by Gasteiger charge is 2.17. The molecule has 6 heteroatoms. The van der Waals surface area contributed by atoms with Crippen LogP contribution in [0.15, 0.2) is 36.5 Å². The maximum atomic E-state index is 10.9. The van der Waals surface area contributed by atoms with E-state index in [9.17, 15) is 4.79 Å². The summed E-state index contributed by atoms with van der Waals surface area (Å²) in [6.45, 7) is 4.48. The number of aliphatic carboxylic acids is 1. The molecule has 0 fully saturated rings. The lowest BCUT2D eigenvalue weighted by atomic mass is 10.1. The third-order valence-corrected chi connectivity index (χ3v) is 4.20. The van der Waals surface area contributed by atoms with Gasteiger partial charge in [-0.3, -0.25) is 4.40 Å². The number of thiazole rings is 1. The summed E-state index contributed by atoms with van der Waals surface area (Å²) >= 11 is 1.56. The van der Waals surface area contributed by atoms with E-state index in [1.807, 2.05) is 48.7 Å². The van der Waals surface area contributed by atoms with Gasteiger partial charge in [-0.05, 0) is 32.1 Å². The number of aryl methyl sites for hydroxylation is 1. The van der Waals surface area contributed by atoms with Gasteiger partial charge >= 0.3 is 5.97 Å². The molecule has 0 spiro atoms. The highest BCUT2D eigenvalue weighted by atomic mass is 32.1. The molecule has 0 bridgehead atoms. The van der Waals surface area contributed by atoms with Crippen LogP contribution in [0, 0.1) is 6.92 Å². The van der Waals surface area contributed by atoms with Crippen LogP contribution < -0.4 is 4.74 Å². The van der Waals surface area contributed by atoms with Crippen molar-refractivity contribution in [2.75, 3.05) is 6.61 Å². The molecule has 0 saturated heterocycles. The first-order chi connectivity index (χ1) is 11.1. The summed E-state index contributed by atoms with van der Waals surface area (Å²) in [5, 5.41) is 8.95. The second-order valence-electron chi connectivity index (χ2n) is 4.94. The van der Waals surface area contributed by atoms with Crippen LogP contribution in [0.25, 0.3) is 22.3 Å². The van der Waals surface area contributed by atoms with E-state index in [1.165, 1.54) is 0 Å². The molecule has 3 rings (SSSR count). The Bertz CT molecular complexity index is 893. The van der Waals surface area contributed by atoms with E-state index in [0.29, 0.717) is 6.61 Å². The Labute approximate surface area is 137 Å². The van der Waals surface area contributed by atoms with Crippen LogP contribution in [0.1, 0.15) is 17.5 Å². The minimum absolute atomic E-state index is 0.554. The first-order valence-electron chi connectivity index (χ1n) is 7.22. The zero-order chi connectivity index (χ0) is 16.4. The molecule has 3 aromatic rings. The Morgan fingerprint density at radius 2 is 2.22 bits per heavy atom. The van der Waals surface area contributed by atoms with Gasteiger partial charge in [-0.1, -0.05) is 12.1 Å². The second-order valence-corrected chi connectivity index (χ2v) is 6.15. The average molecular weight is 328 g/mol. The molecule has 0 atom stereocenters. The molecule has 0 aliphatic rings. The minimum atomic E-state index is -0.990. The molecule has 1 N–H and O–H groups in total.